The minimum Gasteiger partial charge on any atom is -0.466 e. The third-order valence-electron chi connectivity index (χ3n) is 7.90. The van der Waals surface area contributed by atoms with Crippen molar-refractivity contribution in [1.82, 2.24) is 10.1 Å². The van der Waals surface area contributed by atoms with Crippen LogP contribution in [-0.2, 0) is 19.1 Å². The summed E-state index contributed by atoms with van der Waals surface area (Å²) in [6.07, 6.45) is 8.87. The Labute approximate surface area is 226 Å². The second kappa shape index (κ2) is 14.2. The van der Waals surface area contributed by atoms with Crippen LogP contribution in [0.3, 0.4) is 0 Å². The molecule has 2 N–H and O–H groups in total. The van der Waals surface area contributed by atoms with Crippen molar-refractivity contribution in [2.45, 2.75) is 168 Å². The fraction of sp³-hybridized carbons (Fsp3) is 0.931. The molecule has 0 aromatic heterocycles. The minimum absolute atomic E-state index is 0.156. The highest BCUT2D eigenvalue weighted by atomic mass is 16.6. The van der Waals surface area contributed by atoms with Crippen LogP contribution in [0.1, 0.15) is 139 Å². The lowest BCUT2D eigenvalue weighted by molar-refractivity contribution is -0.259. The highest BCUT2D eigenvalue weighted by molar-refractivity contribution is 5.69. The zero-order valence-corrected chi connectivity index (χ0v) is 25.2. The topological polar surface area (TPSA) is 99.5 Å². The second-order valence-corrected chi connectivity index (χ2v) is 13.3. The average Bonchev–Trinajstić information content (AvgIpc) is 2.78. The molecule has 0 aromatic rings. The lowest BCUT2D eigenvalue weighted by Crippen LogP contribution is -2.60. The first kappa shape index (κ1) is 33.8. The third kappa shape index (κ3) is 11.2. The molecule has 8 nitrogen and oxygen atoms in total. The predicted octanol–water partition coefficient (Wildman–Crippen LogP) is 6.65. The zero-order chi connectivity index (χ0) is 28.5. The van der Waals surface area contributed by atoms with E-state index in [1.807, 2.05) is 62.3 Å². The van der Waals surface area contributed by atoms with Gasteiger partial charge in [-0.2, -0.15) is 10.1 Å². The van der Waals surface area contributed by atoms with Gasteiger partial charge in [-0.25, -0.2) is 0 Å². The van der Waals surface area contributed by atoms with E-state index in [4.69, 9.17) is 9.47 Å². The Morgan fingerprint density at radius 1 is 0.865 bits per heavy atom. The monoisotopic (exact) mass is 528 g/mol. The number of rotatable bonds is 16. The number of hydrogen-bond donors (Lipinski definition) is 2. The van der Waals surface area contributed by atoms with Crippen molar-refractivity contribution in [3.05, 3.63) is 0 Å². The number of ether oxygens (including phenoxy) is 2. The largest absolute Gasteiger partial charge is 0.466 e. The molecular weight excluding hydrogens is 472 g/mol. The molecule has 0 spiro atoms. The number of carbonyl (C=O) groups excluding carboxylic acids is 2. The van der Waals surface area contributed by atoms with Gasteiger partial charge in [-0.1, -0.05) is 32.6 Å². The smallest absolute Gasteiger partial charge is 0.306 e. The maximum absolute atomic E-state index is 12.3. The van der Waals surface area contributed by atoms with E-state index < -0.39 is 16.6 Å². The Hall–Kier alpha value is -1.22. The highest BCUT2D eigenvalue weighted by Gasteiger charge is 2.46. The summed E-state index contributed by atoms with van der Waals surface area (Å²) in [7, 11) is 0. The summed E-state index contributed by atoms with van der Waals surface area (Å²) in [5, 5.41) is 23.7. The van der Waals surface area contributed by atoms with Crippen molar-refractivity contribution in [2.75, 3.05) is 6.61 Å². The fourth-order valence-corrected chi connectivity index (χ4v) is 5.31. The first-order valence-electron chi connectivity index (χ1n) is 14.3. The van der Waals surface area contributed by atoms with Crippen LogP contribution in [0.5, 0.6) is 0 Å². The molecule has 1 saturated heterocycles. The Bertz CT molecular complexity index is 701. The van der Waals surface area contributed by atoms with Gasteiger partial charge < -0.3 is 19.9 Å². The molecule has 8 heteroatoms. The fourth-order valence-electron chi connectivity index (χ4n) is 5.31. The second-order valence-electron chi connectivity index (χ2n) is 13.3. The molecule has 1 fully saturated rings. The van der Waals surface area contributed by atoms with Crippen molar-refractivity contribution in [2.24, 2.45) is 0 Å². The molecule has 37 heavy (non-hydrogen) atoms. The predicted molar refractivity (Wildman–Crippen MR) is 145 cm³/mol. The van der Waals surface area contributed by atoms with Crippen LogP contribution < -0.4 is 0 Å². The highest BCUT2D eigenvalue weighted by Crippen LogP contribution is 2.38. The lowest BCUT2D eigenvalue weighted by Gasteiger charge is -2.50. The molecule has 0 aromatic carbocycles. The summed E-state index contributed by atoms with van der Waals surface area (Å²) >= 11 is 0. The van der Waals surface area contributed by atoms with E-state index in [-0.39, 0.29) is 23.6 Å². The van der Waals surface area contributed by atoms with E-state index in [2.05, 4.69) is 0 Å². The summed E-state index contributed by atoms with van der Waals surface area (Å²) in [5.41, 5.74) is -1.67. The van der Waals surface area contributed by atoms with E-state index >= 15 is 0 Å². The molecule has 1 heterocycles. The molecular formula is C29H56N2O6. The van der Waals surface area contributed by atoms with Crippen LogP contribution in [0.2, 0.25) is 0 Å². The third-order valence-corrected chi connectivity index (χ3v) is 7.90. The number of nitrogens with zero attached hydrogens (tertiary/aromatic N) is 2. The van der Waals surface area contributed by atoms with Crippen molar-refractivity contribution in [1.29, 1.82) is 0 Å². The minimum atomic E-state index is -0.476. The number of carbonyl (C=O) groups is 2. The summed E-state index contributed by atoms with van der Waals surface area (Å²) in [4.78, 5) is 24.4. The van der Waals surface area contributed by atoms with E-state index in [9.17, 15) is 20.0 Å². The van der Waals surface area contributed by atoms with Gasteiger partial charge in [-0.3, -0.25) is 9.59 Å². The first-order valence-corrected chi connectivity index (χ1v) is 14.3. The molecule has 0 amide bonds. The molecule has 0 aliphatic carbocycles. The summed E-state index contributed by atoms with van der Waals surface area (Å²) < 4.78 is 11.1. The molecule has 1 aliphatic heterocycles. The molecule has 0 atom stereocenters. The van der Waals surface area contributed by atoms with E-state index in [0.29, 0.717) is 38.7 Å². The Morgan fingerprint density at radius 3 is 1.81 bits per heavy atom. The van der Waals surface area contributed by atoms with Gasteiger partial charge in [-0.15, -0.1) is 0 Å². The number of piperidine rings is 1. The van der Waals surface area contributed by atoms with Crippen molar-refractivity contribution in [3.63, 3.8) is 0 Å². The van der Waals surface area contributed by atoms with Crippen molar-refractivity contribution >= 4 is 11.9 Å². The van der Waals surface area contributed by atoms with E-state index in [1.54, 1.807) is 0 Å². The number of esters is 2. The van der Waals surface area contributed by atoms with Gasteiger partial charge in [-0.05, 0) is 74.7 Å². The quantitative estimate of drug-likeness (QED) is 0.130. The Kier molecular flexibility index (Phi) is 13.0. The van der Waals surface area contributed by atoms with Crippen LogP contribution in [0, 0.1) is 0 Å². The van der Waals surface area contributed by atoms with Gasteiger partial charge >= 0.3 is 11.9 Å². The number of hydroxylamine groups is 4. The Balaban J connectivity index is 2.12. The van der Waals surface area contributed by atoms with Gasteiger partial charge in [0.25, 0.3) is 0 Å². The standard InChI is InChI=1S/C29H56N2O6/c1-10-26(2,3)30(34)27(4,5)19-20-36-24(32)17-15-13-11-12-14-16-18-25(33)37-23-21-28(6,7)31(35)29(8,9)22-23/h23,34-35H,10-22H2,1-9H3. The van der Waals surface area contributed by atoms with Gasteiger partial charge in [0.15, 0.2) is 0 Å². The van der Waals surface area contributed by atoms with Gasteiger partial charge in [0.1, 0.15) is 6.10 Å². The molecule has 0 unspecified atom stereocenters. The van der Waals surface area contributed by atoms with Gasteiger partial charge in [0.05, 0.1) is 6.61 Å². The maximum Gasteiger partial charge on any atom is 0.306 e. The summed E-state index contributed by atoms with van der Waals surface area (Å²) in [5.74, 6) is -0.340. The normalized spacial score (nSPS) is 18.7. The number of unbranched alkanes of at least 4 members (excludes halogenated alkanes) is 5. The van der Waals surface area contributed by atoms with Gasteiger partial charge in [0.2, 0.25) is 0 Å². The molecule has 218 valence electrons. The van der Waals surface area contributed by atoms with Crippen LogP contribution in [-0.4, -0.2) is 67.3 Å². The Morgan fingerprint density at radius 2 is 1.32 bits per heavy atom. The van der Waals surface area contributed by atoms with Crippen LogP contribution in [0.25, 0.3) is 0 Å². The molecule has 1 rings (SSSR count). The van der Waals surface area contributed by atoms with Crippen LogP contribution in [0.4, 0.5) is 0 Å². The van der Waals surface area contributed by atoms with Crippen LogP contribution >= 0.6 is 0 Å². The molecule has 1 aliphatic rings. The molecule has 0 bridgehead atoms. The van der Waals surface area contributed by atoms with Crippen LogP contribution in [0.15, 0.2) is 0 Å². The van der Waals surface area contributed by atoms with Crippen molar-refractivity contribution in [3.8, 4) is 0 Å². The van der Waals surface area contributed by atoms with E-state index in [1.165, 1.54) is 10.1 Å². The average molecular weight is 529 g/mol. The number of hydrogen-bond acceptors (Lipinski definition) is 8. The lowest BCUT2D eigenvalue weighted by atomic mass is 9.80. The molecule has 0 radical (unpaired) electrons. The summed E-state index contributed by atoms with van der Waals surface area (Å²) in [6.45, 7) is 18.1. The summed E-state index contributed by atoms with van der Waals surface area (Å²) in [6, 6.07) is 0. The van der Waals surface area contributed by atoms with Gasteiger partial charge in [0, 0.05) is 54.3 Å². The van der Waals surface area contributed by atoms with E-state index in [0.717, 1.165) is 44.9 Å². The maximum atomic E-state index is 12.3. The molecule has 0 saturated carbocycles. The zero-order valence-electron chi connectivity index (χ0n) is 25.2. The SMILES string of the molecule is CCC(C)(C)N(O)C(C)(C)CCOC(=O)CCCCCCCCC(=O)OC1CC(C)(C)N(O)C(C)(C)C1. The van der Waals surface area contributed by atoms with Crippen molar-refractivity contribution < 1.29 is 29.5 Å². The first-order chi connectivity index (χ1) is 16.9.